The molecule has 1 amide bonds. The lowest BCUT2D eigenvalue weighted by atomic mass is 9.96. The van der Waals surface area contributed by atoms with Gasteiger partial charge in [0, 0.05) is 42.3 Å². The van der Waals surface area contributed by atoms with Gasteiger partial charge in [-0.3, -0.25) is 9.78 Å². The number of benzene rings is 1. The van der Waals surface area contributed by atoms with E-state index < -0.39 is 0 Å². The van der Waals surface area contributed by atoms with E-state index in [1.165, 1.54) is 29.8 Å². The number of amides is 1. The van der Waals surface area contributed by atoms with Crippen LogP contribution in [-0.2, 0) is 11.2 Å². The average molecular weight is 488 g/mol. The van der Waals surface area contributed by atoms with Gasteiger partial charge in [0.25, 0.3) is 0 Å². The van der Waals surface area contributed by atoms with Crippen LogP contribution in [0.3, 0.4) is 0 Å². The summed E-state index contributed by atoms with van der Waals surface area (Å²) >= 11 is 5.81. The molecule has 0 spiro atoms. The summed E-state index contributed by atoms with van der Waals surface area (Å²) in [4.78, 5) is 19.8. The molecule has 35 heavy (non-hydrogen) atoms. The number of hydrogen-bond acceptors (Lipinski definition) is 3. The summed E-state index contributed by atoms with van der Waals surface area (Å²) in [6.07, 6.45) is 5.54. The first kappa shape index (κ1) is 23.5. The molecule has 1 aromatic carbocycles. The zero-order chi connectivity index (χ0) is 24.5. The molecule has 1 saturated heterocycles. The van der Waals surface area contributed by atoms with Crippen molar-refractivity contribution in [1.82, 2.24) is 19.8 Å². The van der Waals surface area contributed by atoms with Crippen molar-refractivity contribution in [1.29, 1.82) is 0 Å². The lowest BCUT2D eigenvalue weighted by molar-refractivity contribution is -0.116. The van der Waals surface area contributed by atoms with Gasteiger partial charge in [-0.2, -0.15) is 0 Å². The Balaban J connectivity index is 1.41. The Kier molecular flexibility index (Phi) is 6.60. The maximum absolute atomic E-state index is 12.9. The van der Waals surface area contributed by atoms with Crippen LogP contribution in [0.15, 0.2) is 54.7 Å². The molecule has 1 aliphatic carbocycles. The Morgan fingerprint density at radius 3 is 2.66 bits per heavy atom. The highest BCUT2D eigenvalue weighted by Gasteiger charge is 2.42. The summed E-state index contributed by atoms with van der Waals surface area (Å²) in [6, 6.07) is 16.8. The SMILES string of the molecule is CCc1ccccc1NC(=O)CCN1C(=S)N[C@H](c2ccccn2)[C@@H]1c1cc(C)n(C2CC2)c1C. The van der Waals surface area contributed by atoms with Gasteiger partial charge < -0.3 is 20.1 Å². The predicted molar refractivity (Wildman–Crippen MR) is 143 cm³/mol. The van der Waals surface area contributed by atoms with E-state index in [0.29, 0.717) is 24.1 Å². The fourth-order valence-corrected chi connectivity index (χ4v) is 5.70. The van der Waals surface area contributed by atoms with E-state index in [4.69, 9.17) is 12.2 Å². The van der Waals surface area contributed by atoms with Crippen LogP contribution in [0.4, 0.5) is 5.69 Å². The molecule has 1 saturated carbocycles. The second-order valence-electron chi connectivity index (χ2n) is 9.56. The molecule has 6 nitrogen and oxygen atoms in total. The van der Waals surface area contributed by atoms with Crippen molar-refractivity contribution in [3.05, 3.63) is 82.9 Å². The third kappa shape index (κ3) is 4.69. The number of carbonyl (C=O) groups excluding carboxylic acids is 1. The zero-order valence-corrected chi connectivity index (χ0v) is 21.4. The van der Waals surface area contributed by atoms with Crippen LogP contribution >= 0.6 is 12.2 Å². The fraction of sp³-hybridized carbons (Fsp3) is 0.393. The third-order valence-electron chi connectivity index (χ3n) is 7.20. The van der Waals surface area contributed by atoms with Gasteiger partial charge in [0.1, 0.15) is 0 Å². The van der Waals surface area contributed by atoms with Crippen LogP contribution in [0.25, 0.3) is 0 Å². The molecule has 2 fully saturated rings. The lowest BCUT2D eigenvalue weighted by Crippen LogP contribution is -2.33. The lowest BCUT2D eigenvalue weighted by Gasteiger charge is -2.28. The number of thiocarbonyl (C=S) groups is 1. The number of hydrogen-bond donors (Lipinski definition) is 2. The number of aryl methyl sites for hydroxylation is 2. The first-order valence-electron chi connectivity index (χ1n) is 12.5. The van der Waals surface area contributed by atoms with Crippen LogP contribution < -0.4 is 10.6 Å². The summed E-state index contributed by atoms with van der Waals surface area (Å²) in [5, 5.41) is 7.29. The molecule has 182 valence electrons. The van der Waals surface area contributed by atoms with Crippen molar-refractivity contribution >= 4 is 28.9 Å². The molecule has 7 heteroatoms. The number of carbonyl (C=O) groups is 1. The Hall–Kier alpha value is -3.19. The zero-order valence-electron chi connectivity index (χ0n) is 20.6. The molecular weight excluding hydrogens is 454 g/mol. The highest BCUT2D eigenvalue weighted by molar-refractivity contribution is 7.80. The summed E-state index contributed by atoms with van der Waals surface area (Å²) < 4.78 is 2.47. The summed E-state index contributed by atoms with van der Waals surface area (Å²) in [5.41, 5.74) is 6.81. The highest BCUT2D eigenvalue weighted by Crippen LogP contribution is 2.44. The van der Waals surface area contributed by atoms with Gasteiger partial charge in [0.15, 0.2) is 5.11 Å². The molecule has 0 bridgehead atoms. The van der Waals surface area contributed by atoms with E-state index in [1.54, 1.807) is 0 Å². The summed E-state index contributed by atoms with van der Waals surface area (Å²) in [5.74, 6) is -0.00260. The van der Waals surface area contributed by atoms with E-state index in [2.05, 4.69) is 58.0 Å². The Morgan fingerprint density at radius 2 is 1.94 bits per heavy atom. The van der Waals surface area contributed by atoms with Crippen molar-refractivity contribution in [2.75, 3.05) is 11.9 Å². The first-order chi connectivity index (χ1) is 17.0. The van der Waals surface area contributed by atoms with Crippen LogP contribution in [0.5, 0.6) is 0 Å². The topological polar surface area (TPSA) is 62.2 Å². The van der Waals surface area contributed by atoms with E-state index in [0.717, 1.165) is 23.4 Å². The minimum atomic E-state index is -0.0688. The summed E-state index contributed by atoms with van der Waals surface area (Å²) in [7, 11) is 0. The standard InChI is InChI=1S/C28H33N5OS/c1-4-20-9-5-6-10-23(20)30-25(34)14-16-32-27(22-17-18(2)33(19(22)3)21-12-13-21)26(31-28(32)35)24-11-7-8-15-29-24/h5-11,15,17,21,26-27H,4,12-14,16H2,1-3H3,(H,30,34)(H,31,35)/t26-,27+/m1/s1. The second kappa shape index (κ2) is 9.82. The Morgan fingerprint density at radius 1 is 1.17 bits per heavy atom. The van der Waals surface area contributed by atoms with E-state index in [9.17, 15) is 4.79 Å². The molecule has 3 heterocycles. The van der Waals surface area contributed by atoms with Crippen molar-refractivity contribution in [3.63, 3.8) is 0 Å². The number of nitrogens with zero attached hydrogens (tertiary/aromatic N) is 3. The van der Waals surface area contributed by atoms with Gasteiger partial charge >= 0.3 is 0 Å². The number of pyridine rings is 1. The third-order valence-corrected chi connectivity index (χ3v) is 7.56. The normalized spacial score (nSPS) is 19.6. The number of aromatic nitrogens is 2. The molecule has 0 radical (unpaired) electrons. The number of anilines is 1. The minimum Gasteiger partial charge on any atom is -0.352 e. The van der Waals surface area contributed by atoms with Crippen molar-refractivity contribution in [2.45, 2.75) is 64.6 Å². The van der Waals surface area contributed by atoms with Gasteiger partial charge in [-0.15, -0.1) is 0 Å². The van der Waals surface area contributed by atoms with Gasteiger partial charge in [0.2, 0.25) is 5.91 Å². The van der Waals surface area contributed by atoms with Crippen molar-refractivity contribution in [2.24, 2.45) is 0 Å². The van der Waals surface area contributed by atoms with Crippen molar-refractivity contribution in [3.8, 4) is 0 Å². The molecule has 2 N–H and O–H groups in total. The molecule has 2 atom stereocenters. The largest absolute Gasteiger partial charge is 0.352 e. The van der Waals surface area contributed by atoms with Gasteiger partial charge in [-0.1, -0.05) is 31.2 Å². The molecule has 0 unspecified atom stereocenters. The van der Waals surface area contributed by atoms with Gasteiger partial charge in [-0.25, -0.2) is 0 Å². The predicted octanol–water partition coefficient (Wildman–Crippen LogP) is 5.40. The molecule has 5 rings (SSSR count). The van der Waals surface area contributed by atoms with Crippen LogP contribution in [0.1, 0.15) is 72.5 Å². The van der Waals surface area contributed by atoms with Gasteiger partial charge in [-0.05, 0) is 80.7 Å². The Bertz CT molecular complexity index is 1230. The smallest absolute Gasteiger partial charge is 0.226 e. The maximum Gasteiger partial charge on any atom is 0.226 e. The van der Waals surface area contributed by atoms with Crippen molar-refractivity contribution < 1.29 is 4.79 Å². The van der Waals surface area contributed by atoms with E-state index in [-0.39, 0.29) is 18.0 Å². The maximum atomic E-state index is 12.9. The monoisotopic (exact) mass is 487 g/mol. The highest BCUT2D eigenvalue weighted by atomic mass is 32.1. The molecular formula is C28H33N5OS. The minimum absolute atomic E-state index is 0.00260. The Labute approximate surface area is 212 Å². The molecule has 2 aromatic heterocycles. The van der Waals surface area contributed by atoms with E-state index in [1.807, 2.05) is 42.6 Å². The number of nitrogens with one attached hydrogen (secondary N) is 2. The average Bonchev–Trinajstić information content (AvgIpc) is 3.58. The molecule has 3 aromatic rings. The van der Waals surface area contributed by atoms with Gasteiger partial charge in [0.05, 0.1) is 17.8 Å². The van der Waals surface area contributed by atoms with Crippen LogP contribution in [-0.4, -0.2) is 32.0 Å². The first-order valence-corrected chi connectivity index (χ1v) is 12.9. The number of para-hydroxylation sites is 1. The molecule has 2 aliphatic rings. The fourth-order valence-electron chi connectivity index (χ4n) is 5.37. The summed E-state index contributed by atoms with van der Waals surface area (Å²) in [6.45, 7) is 7.03. The van der Waals surface area contributed by atoms with Crippen LogP contribution in [0.2, 0.25) is 0 Å². The van der Waals surface area contributed by atoms with E-state index >= 15 is 0 Å². The van der Waals surface area contributed by atoms with Crippen LogP contribution in [0, 0.1) is 13.8 Å². The quantitative estimate of drug-likeness (QED) is 0.417. The number of rotatable bonds is 8. The second-order valence-corrected chi connectivity index (χ2v) is 9.94. The molecule has 1 aliphatic heterocycles.